The topological polar surface area (TPSA) is 35.6 Å². The zero-order chi connectivity index (χ0) is 14.2. The van der Waals surface area contributed by atoms with Crippen LogP contribution in [0.5, 0.6) is 0 Å². The maximum Gasteiger partial charge on any atom is 0.223 e. The zero-order valence-electron chi connectivity index (χ0n) is 12.3. The van der Waals surface area contributed by atoms with Gasteiger partial charge in [0.25, 0.3) is 0 Å². The summed E-state index contributed by atoms with van der Waals surface area (Å²) in [6, 6.07) is 10.4. The molecule has 0 bridgehead atoms. The van der Waals surface area contributed by atoms with Crippen molar-refractivity contribution in [3.05, 3.63) is 35.9 Å². The molecule has 0 radical (unpaired) electrons. The molecule has 1 aromatic carbocycles. The molecular formula is C16H25N3O. The molecule has 0 spiro atoms. The second-order valence-corrected chi connectivity index (χ2v) is 5.24. The van der Waals surface area contributed by atoms with E-state index in [-0.39, 0.29) is 5.91 Å². The third-order valence-electron chi connectivity index (χ3n) is 3.81. The van der Waals surface area contributed by atoms with Gasteiger partial charge >= 0.3 is 0 Å². The molecule has 1 N–H and O–H groups in total. The number of amides is 1. The largest absolute Gasteiger partial charge is 0.340 e. The van der Waals surface area contributed by atoms with E-state index in [0.717, 1.165) is 45.8 Å². The van der Waals surface area contributed by atoms with Gasteiger partial charge in [-0.3, -0.25) is 9.69 Å². The lowest BCUT2D eigenvalue weighted by atomic mass is 10.2. The van der Waals surface area contributed by atoms with Crippen LogP contribution in [0, 0.1) is 0 Å². The van der Waals surface area contributed by atoms with Crippen molar-refractivity contribution in [3.8, 4) is 0 Å². The molecule has 20 heavy (non-hydrogen) atoms. The summed E-state index contributed by atoms with van der Waals surface area (Å²) in [5.74, 6) is 0.290. The van der Waals surface area contributed by atoms with Crippen molar-refractivity contribution >= 4 is 5.91 Å². The third kappa shape index (κ3) is 4.62. The highest BCUT2D eigenvalue weighted by Gasteiger charge is 2.16. The lowest BCUT2D eigenvalue weighted by Crippen LogP contribution is -2.47. The molecule has 1 heterocycles. The van der Waals surface area contributed by atoms with Crippen molar-refractivity contribution in [2.75, 3.05) is 39.3 Å². The first-order valence-corrected chi connectivity index (χ1v) is 7.54. The summed E-state index contributed by atoms with van der Waals surface area (Å²) >= 11 is 0. The van der Waals surface area contributed by atoms with Gasteiger partial charge in [-0.25, -0.2) is 0 Å². The summed E-state index contributed by atoms with van der Waals surface area (Å²) in [4.78, 5) is 16.5. The fourth-order valence-corrected chi connectivity index (χ4v) is 2.52. The van der Waals surface area contributed by atoms with Crippen molar-refractivity contribution < 1.29 is 4.79 Å². The van der Waals surface area contributed by atoms with E-state index in [0.29, 0.717) is 6.42 Å². The number of benzene rings is 1. The van der Waals surface area contributed by atoms with Gasteiger partial charge in [-0.15, -0.1) is 0 Å². The van der Waals surface area contributed by atoms with Gasteiger partial charge in [0.05, 0.1) is 0 Å². The van der Waals surface area contributed by atoms with E-state index >= 15 is 0 Å². The molecule has 1 aliphatic heterocycles. The van der Waals surface area contributed by atoms with Crippen molar-refractivity contribution in [2.24, 2.45) is 0 Å². The van der Waals surface area contributed by atoms with Gasteiger partial charge in [-0.05, 0) is 12.1 Å². The molecule has 0 atom stereocenters. The Bertz CT molecular complexity index is 401. The van der Waals surface area contributed by atoms with Crippen LogP contribution in [0.25, 0.3) is 0 Å². The molecule has 1 aliphatic rings. The molecule has 1 aromatic rings. The smallest absolute Gasteiger partial charge is 0.223 e. The van der Waals surface area contributed by atoms with Crippen LogP contribution in [0.4, 0.5) is 0 Å². The number of hydrogen-bond acceptors (Lipinski definition) is 3. The Morgan fingerprint density at radius 2 is 1.95 bits per heavy atom. The van der Waals surface area contributed by atoms with Gasteiger partial charge < -0.3 is 10.2 Å². The number of carbonyl (C=O) groups excluding carboxylic acids is 1. The molecule has 0 saturated carbocycles. The summed E-state index contributed by atoms with van der Waals surface area (Å²) < 4.78 is 0. The molecule has 110 valence electrons. The Morgan fingerprint density at radius 1 is 1.25 bits per heavy atom. The lowest BCUT2D eigenvalue weighted by Gasteiger charge is -2.28. The maximum absolute atomic E-state index is 12.1. The average molecular weight is 275 g/mol. The standard InChI is InChI=1S/C16H25N3O/c1-2-18(14-15-6-4-3-5-7-15)11-8-16(20)19-12-9-17-10-13-19/h3-7,17H,2,8-14H2,1H3. The predicted molar refractivity (Wildman–Crippen MR) is 81.5 cm³/mol. The molecule has 4 nitrogen and oxygen atoms in total. The summed E-state index contributed by atoms with van der Waals surface area (Å²) in [6.45, 7) is 8.44. The first-order valence-electron chi connectivity index (χ1n) is 7.54. The van der Waals surface area contributed by atoms with Crippen LogP contribution >= 0.6 is 0 Å². The van der Waals surface area contributed by atoms with Crippen molar-refractivity contribution in [1.29, 1.82) is 0 Å². The van der Waals surface area contributed by atoms with Gasteiger partial charge in [0.1, 0.15) is 0 Å². The molecular weight excluding hydrogens is 250 g/mol. The highest BCUT2D eigenvalue weighted by molar-refractivity contribution is 5.76. The molecule has 0 unspecified atom stereocenters. The maximum atomic E-state index is 12.1. The van der Waals surface area contributed by atoms with Crippen LogP contribution in [0.1, 0.15) is 18.9 Å². The molecule has 1 amide bonds. The van der Waals surface area contributed by atoms with Crippen LogP contribution < -0.4 is 5.32 Å². The Labute approximate surface area is 121 Å². The number of carbonyl (C=O) groups is 1. The number of rotatable bonds is 6. The minimum atomic E-state index is 0.290. The van der Waals surface area contributed by atoms with Gasteiger partial charge in [0.15, 0.2) is 0 Å². The molecule has 0 aromatic heterocycles. The summed E-state index contributed by atoms with van der Waals surface area (Å²) in [5, 5.41) is 3.27. The van der Waals surface area contributed by atoms with E-state index in [9.17, 15) is 4.79 Å². The first-order chi connectivity index (χ1) is 9.79. The van der Waals surface area contributed by atoms with Crippen LogP contribution in [0.3, 0.4) is 0 Å². The van der Waals surface area contributed by atoms with E-state index in [1.807, 2.05) is 11.0 Å². The van der Waals surface area contributed by atoms with Gasteiger partial charge in [-0.2, -0.15) is 0 Å². The molecule has 1 fully saturated rings. The van der Waals surface area contributed by atoms with E-state index in [2.05, 4.69) is 41.4 Å². The summed E-state index contributed by atoms with van der Waals surface area (Å²) in [6.07, 6.45) is 0.626. The minimum absolute atomic E-state index is 0.290. The predicted octanol–water partition coefficient (Wildman–Crippen LogP) is 1.33. The second kappa shape index (κ2) is 8.02. The fourth-order valence-electron chi connectivity index (χ4n) is 2.52. The summed E-state index contributed by atoms with van der Waals surface area (Å²) in [5.41, 5.74) is 1.31. The third-order valence-corrected chi connectivity index (χ3v) is 3.81. The van der Waals surface area contributed by atoms with Crippen LogP contribution in [-0.2, 0) is 11.3 Å². The van der Waals surface area contributed by atoms with E-state index in [1.165, 1.54) is 5.56 Å². The highest BCUT2D eigenvalue weighted by atomic mass is 16.2. The van der Waals surface area contributed by atoms with Crippen molar-refractivity contribution in [3.63, 3.8) is 0 Å². The van der Waals surface area contributed by atoms with Crippen molar-refractivity contribution in [1.82, 2.24) is 15.1 Å². The lowest BCUT2D eigenvalue weighted by molar-refractivity contribution is -0.132. The molecule has 0 aliphatic carbocycles. The average Bonchev–Trinajstić information content (AvgIpc) is 2.53. The fraction of sp³-hybridized carbons (Fsp3) is 0.562. The minimum Gasteiger partial charge on any atom is -0.340 e. The van der Waals surface area contributed by atoms with Crippen molar-refractivity contribution in [2.45, 2.75) is 19.9 Å². The first kappa shape index (κ1) is 15.0. The molecule has 2 rings (SSSR count). The number of nitrogens with one attached hydrogen (secondary N) is 1. The monoisotopic (exact) mass is 275 g/mol. The van der Waals surface area contributed by atoms with E-state index in [4.69, 9.17) is 0 Å². The summed E-state index contributed by atoms with van der Waals surface area (Å²) in [7, 11) is 0. The quantitative estimate of drug-likeness (QED) is 0.851. The van der Waals surface area contributed by atoms with Gasteiger partial charge in [0, 0.05) is 45.7 Å². The Morgan fingerprint density at radius 3 is 2.60 bits per heavy atom. The van der Waals surface area contributed by atoms with Crippen LogP contribution in [0.15, 0.2) is 30.3 Å². The molecule has 1 saturated heterocycles. The van der Waals surface area contributed by atoms with E-state index in [1.54, 1.807) is 0 Å². The van der Waals surface area contributed by atoms with Gasteiger partial charge in [-0.1, -0.05) is 37.3 Å². The normalized spacial score (nSPS) is 15.6. The zero-order valence-corrected chi connectivity index (χ0v) is 12.3. The Hall–Kier alpha value is -1.39. The SMILES string of the molecule is CCN(CCC(=O)N1CCNCC1)Cc1ccccc1. The van der Waals surface area contributed by atoms with Crippen LogP contribution in [0.2, 0.25) is 0 Å². The Kier molecular flexibility index (Phi) is 6.02. The van der Waals surface area contributed by atoms with Gasteiger partial charge in [0.2, 0.25) is 5.91 Å². The number of piperazine rings is 1. The molecule has 4 heteroatoms. The highest BCUT2D eigenvalue weighted by Crippen LogP contribution is 2.06. The second-order valence-electron chi connectivity index (χ2n) is 5.24. The Balaban J connectivity index is 1.77. The number of hydrogen-bond donors (Lipinski definition) is 1. The van der Waals surface area contributed by atoms with E-state index < -0.39 is 0 Å². The van der Waals surface area contributed by atoms with Crippen LogP contribution in [-0.4, -0.2) is 55.0 Å². The number of nitrogens with zero attached hydrogens (tertiary/aromatic N) is 2.